The van der Waals surface area contributed by atoms with Gasteiger partial charge in [0.05, 0.1) is 0 Å². The van der Waals surface area contributed by atoms with E-state index in [1.807, 2.05) is 24.3 Å². The molecule has 1 aliphatic rings. The number of carbonyl (C=O) groups is 1. The van der Waals surface area contributed by atoms with E-state index in [1.54, 1.807) is 4.90 Å². The molecule has 86 valence electrons. The molecule has 1 aromatic heterocycles. The van der Waals surface area contributed by atoms with Crippen LogP contribution in [0.3, 0.4) is 0 Å². The number of oxazole rings is 1. The zero-order chi connectivity index (χ0) is 11.8. The summed E-state index contributed by atoms with van der Waals surface area (Å²) in [6.07, 6.45) is 3.79. The van der Waals surface area contributed by atoms with Crippen LogP contribution in [0.25, 0.3) is 11.1 Å². The summed E-state index contributed by atoms with van der Waals surface area (Å²) in [5.41, 5.74) is 2.38. The van der Waals surface area contributed by atoms with Gasteiger partial charge in [-0.3, -0.25) is 4.79 Å². The number of nitrogens with zero attached hydrogens (tertiary/aromatic N) is 2. The summed E-state index contributed by atoms with van der Waals surface area (Å²) in [6.45, 7) is 4.44. The van der Waals surface area contributed by atoms with Gasteiger partial charge in [-0.25, -0.2) is 4.98 Å². The van der Waals surface area contributed by atoms with Gasteiger partial charge in [0.2, 0.25) is 5.91 Å². The Morgan fingerprint density at radius 3 is 3.18 bits per heavy atom. The van der Waals surface area contributed by atoms with E-state index in [0.717, 1.165) is 11.2 Å². The molecular weight excluding hydrogens is 216 g/mol. The van der Waals surface area contributed by atoms with E-state index in [9.17, 15) is 4.79 Å². The van der Waals surface area contributed by atoms with Gasteiger partial charge in [-0.2, -0.15) is 0 Å². The molecule has 1 unspecified atom stereocenters. The fraction of sp³-hybridized carbons (Fsp3) is 0.231. The number of amides is 1. The van der Waals surface area contributed by atoms with Gasteiger partial charge in [0.25, 0.3) is 0 Å². The maximum absolute atomic E-state index is 11.9. The Hall–Kier alpha value is -2.10. The summed E-state index contributed by atoms with van der Waals surface area (Å²) in [6, 6.07) is 5.61. The molecule has 0 bridgehead atoms. The number of hydrogen-bond donors (Lipinski definition) is 0. The quantitative estimate of drug-likeness (QED) is 0.741. The highest BCUT2D eigenvalue weighted by Crippen LogP contribution is 2.27. The highest BCUT2D eigenvalue weighted by Gasteiger charge is 2.28. The normalized spacial score (nSPS) is 20.1. The first kappa shape index (κ1) is 10.1. The Labute approximate surface area is 98.5 Å². The predicted molar refractivity (Wildman–Crippen MR) is 64.7 cm³/mol. The van der Waals surface area contributed by atoms with Crippen molar-refractivity contribution in [2.24, 2.45) is 5.92 Å². The molecule has 3 rings (SSSR count). The topological polar surface area (TPSA) is 46.3 Å². The molecule has 4 heteroatoms. The Morgan fingerprint density at radius 2 is 2.41 bits per heavy atom. The minimum atomic E-state index is 0.133. The highest BCUT2D eigenvalue weighted by atomic mass is 16.3. The number of fused-ring (bicyclic) bond motifs is 1. The summed E-state index contributed by atoms with van der Waals surface area (Å²) in [4.78, 5) is 17.7. The third kappa shape index (κ3) is 1.62. The largest absolute Gasteiger partial charge is 0.443 e. The average Bonchev–Trinajstić information content (AvgIpc) is 2.93. The monoisotopic (exact) mass is 228 g/mol. The van der Waals surface area contributed by atoms with Crippen LogP contribution in [0.4, 0.5) is 5.69 Å². The lowest BCUT2D eigenvalue weighted by atomic mass is 10.1. The summed E-state index contributed by atoms with van der Waals surface area (Å²) >= 11 is 0. The van der Waals surface area contributed by atoms with Gasteiger partial charge in [-0.15, -0.1) is 6.58 Å². The molecule has 2 heterocycles. The van der Waals surface area contributed by atoms with Crippen molar-refractivity contribution in [3.8, 4) is 0 Å². The number of carbonyl (C=O) groups excluding carboxylic acids is 1. The minimum Gasteiger partial charge on any atom is -0.443 e. The molecule has 0 radical (unpaired) electrons. The summed E-state index contributed by atoms with van der Waals surface area (Å²) < 4.78 is 5.24. The van der Waals surface area contributed by atoms with Crippen molar-refractivity contribution in [1.82, 2.24) is 4.98 Å². The van der Waals surface area contributed by atoms with Gasteiger partial charge in [0, 0.05) is 30.6 Å². The van der Waals surface area contributed by atoms with Crippen LogP contribution in [-0.2, 0) is 4.79 Å². The molecule has 0 saturated carbocycles. The molecule has 0 N–H and O–H groups in total. The van der Waals surface area contributed by atoms with Gasteiger partial charge in [-0.1, -0.05) is 6.08 Å². The van der Waals surface area contributed by atoms with Crippen LogP contribution in [-0.4, -0.2) is 17.4 Å². The second kappa shape index (κ2) is 3.73. The molecule has 1 atom stereocenters. The van der Waals surface area contributed by atoms with E-state index < -0.39 is 0 Å². The van der Waals surface area contributed by atoms with Crippen LogP contribution in [0.15, 0.2) is 41.7 Å². The molecule has 1 amide bonds. The van der Waals surface area contributed by atoms with Crippen LogP contribution < -0.4 is 4.90 Å². The summed E-state index contributed by atoms with van der Waals surface area (Å²) in [7, 11) is 0. The maximum atomic E-state index is 11.9. The van der Waals surface area contributed by atoms with E-state index >= 15 is 0 Å². The van der Waals surface area contributed by atoms with Gasteiger partial charge < -0.3 is 9.32 Å². The highest BCUT2D eigenvalue weighted by molar-refractivity contribution is 5.97. The molecular formula is C13H12N2O2. The van der Waals surface area contributed by atoms with Crippen LogP contribution in [0.5, 0.6) is 0 Å². The second-order valence-corrected chi connectivity index (χ2v) is 4.21. The standard InChI is InChI=1S/C13H12N2O2/c1-2-9-5-13(16)15(7-9)10-3-4-11-12(6-10)17-8-14-11/h2-4,6,8-9H,1,5,7H2. The zero-order valence-corrected chi connectivity index (χ0v) is 9.30. The van der Waals surface area contributed by atoms with Gasteiger partial charge in [-0.05, 0) is 12.1 Å². The van der Waals surface area contributed by atoms with Crippen LogP contribution in [0.2, 0.25) is 0 Å². The maximum Gasteiger partial charge on any atom is 0.227 e. The van der Waals surface area contributed by atoms with Gasteiger partial charge in [0.1, 0.15) is 5.52 Å². The molecule has 1 saturated heterocycles. The Bertz CT molecular complexity index is 588. The zero-order valence-electron chi connectivity index (χ0n) is 9.30. The molecule has 1 aromatic carbocycles. The summed E-state index contributed by atoms with van der Waals surface area (Å²) in [5.74, 6) is 0.377. The lowest BCUT2D eigenvalue weighted by molar-refractivity contribution is -0.117. The minimum absolute atomic E-state index is 0.133. The van der Waals surface area contributed by atoms with Crippen molar-refractivity contribution in [2.75, 3.05) is 11.4 Å². The van der Waals surface area contributed by atoms with Gasteiger partial charge >= 0.3 is 0 Å². The molecule has 17 heavy (non-hydrogen) atoms. The molecule has 1 aliphatic heterocycles. The van der Waals surface area contributed by atoms with E-state index in [2.05, 4.69) is 11.6 Å². The third-order valence-electron chi connectivity index (χ3n) is 3.11. The first-order chi connectivity index (χ1) is 8.28. The number of benzene rings is 1. The molecule has 1 fully saturated rings. The Morgan fingerprint density at radius 1 is 1.53 bits per heavy atom. The van der Waals surface area contributed by atoms with Crippen molar-refractivity contribution >= 4 is 22.7 Å². The first-order valence-electron chi connectivity index (χ1n) is 5.54. The van der Waals surface area contributed by atoms with Crippen molar-refractivity contribution < 1.29 is 9.21 Å². The van der Waals surface area contributed by atoms with Crippen LogP contribution in [0.1, 0.15) is 6.42 Å². The van der Waals surface area contributed by atoms with Crippen molar-refractivity contribution in [3.63, 3.8) is 0 Å². The van der Waals surface area contributed by atoms with E-state index in [-0.39, 0.29) is 11.8 Å². The first-order valence-corrected chi connectivity index (χ1v) is 5.54. The Balaban J connectivity index is 1.98. The molecule has 4 nitrogen and oxygen atoms in total. The lowest BCUT2D eigenvalue weighted by Gasteiger charge is -2.15. The van der Waals surface area contributed by atoms with E-state index in [4.69, 9.17) is 4.42 Å². The fourth-order valence-electron chi connectivity index (χ4n) is 2.15. The molecule has 2 aromatic rings. The van der Waals surface area contributed by atoms with Crippen LogP contribution >= 0.6 is 0 Å². The van der Waals surface area contributed by atoms with Crippen molar-refractivity contribution in [2.45, 2.75) is 6.42 Å². The van der Waals surface area contributed by atoms with Gasteiger partial charge in [0.15, 0.2) is 12.0 Å². The van der Waals surface area contributed by atoms with Crippen molar-refractivity contribution in [3.05, 3.63) is 37.2 Å². The molecule has 0 aliphatic carbocycles. The predicted octanol–water partition coefficient (Wildman–Crippen LogP) is 2.37. The number of aromatic nitrogens is 1. The number of anilines is 1. The van der Waals surface area contributed by atoms with Crippen LogP contribution in [0, 0.1) is 5.92 Å². The van der Waals surface area contributed by atoms with E-state index in [0.29, 0.717) is 18.5 Å². The fourth-order valence-corrected chi connectivity index (χ4v) is 2.15. The third-order valence-corrected chi connectivity index (χ3v) is 3.11. The second-order valence-electron chi connectivity index (χ2n) is 4.21. The number of hydrogen-bond acceptors (Lipinski definition) is 3. The SMILES string of the molecule is C=CC1CC(=O)N(c2ccc3ncoc3c2)C1. The lowest BCUT2D eigenvalue weighted by Crippen LogP contribution is -2.24. The summed E-state index contributed by atoms with van der Waals surface area (Å²) in [5, 5.41) is 0. The average molecular weight is 228 g/mol. The van der Waals surface area contributed by atoms with E-state index in [1.165, 1.54) is 6.39 Å². The Kier molecular flexibility index (Phi) is 2.21. The smallest absolute Gasteiger partial charge is 0.227 e. The molecule has 0 spiro atoms. The number of rotatable bonds is 2. The van der Waals surface area contributed by atoms with Crippen molar-refractivity contribution in [1.29, 1.82) is 0 Å².